The van der Waals surface area contributed by atoms with Crippen molar-refractivity contribution in [2.75, 3.05) is 13.1 Å². The summed E-state index contributed by atoms with van der Waals surface area (Å²) in [7, 11) is 0. The molecule has 0 saturated carbocycles. The fourth-order valence-corrected chi connectivity index (χ4v) is 3.51. The molecule has 0 radical (unpaired) electrons. The molecule has 0 spiro atoms. The lowest BCUT2D eigenvalue weighted by molar-refractivity contribution is -0.133. The molecule has 2 heterocycles. The second kappa shape index (κ2) is 5.13. The zero-order valence-electron chi connectivity index (χ0n) is 11.4. The van der Waals surface area contributed by atoms with Gasteiger partial charge in [0.2, 0.25) is 5.91 Å². The number of carbonyl (C=O) groups excluding carboxylic acids is 1. The number of benzene rings is 1. The van der Waals surface area contributed by atoms with Crippen LogP contribution in [0.25, 0.3) is 0 Å². The van der Waals surface area contributed by atoms with Crippen LogP contribution in [0.4, 0.5) is 8.78 Å². The number of rotatable bonds is 2. The maximum atomic E-state index is 13.6. The number of fused-ring (bicyclic) bond motifs is 1. The standard InChI is InChI=1S/C15H18F2N2O/c1-9-4-11-7-18-8-14(11)19(9)15(20)5-10-2-3-12(16)6-13(10)17/h2-3,6,9,11,14,18H,4-5,7-8H2,1H3. The first-order valence-corrected chi connectivity index (χ1v) is 7.02. The molecule has 3 unspecified atom stereocenters. The van der Waals surface area contributed by atoms with Gasteiger partial charge in [-0.2, -0.15) is 0 Å². The van der Waals surface area contributed by atoms with Gasteiger partial charge in [-0.15, -0.1) is 0 Å². The molecule has 2 aliphatic rings. The molecule has 5 heteroatoms. The zero-order valence-corrected chi connectivity index (χ0v) is 11.4. The van der Waals surface area contributed by atoms with Crippen LogP contribution in [0.3, 0.4) is 0 Å². The molecule has 2 saturated heterocycles. The lowest BCUT2D eigenvalue weighted by atomic mass is 10.0. The predicted molar refractivity (Wildman–Crippen MR) is 71.1 cm³/mol. The fraction of sp³-hybridized carbons (Fsp3) is 0.533. The van der Waals surface area contributed by atoms with Crippen LogP contribution >= 0.6 is 0 Å². The smallest absolute Gasteiger partial charge is 0.227 e. The number of carbonyl (C=O) groups is 1. The first-order chi connectivity index (χ1) is 9.56. The summed E-state index contributed by atoms with van der Waals surface area (Å²) in [6.45, 7) is 3.80. The molecule has 3 nitrogen and oxygen atoms in total. The van der Waals surface area contributed by atoms with Gasteiger partial charge in [-0.1, -0.05) is 6.07 Å². The van der Waals surface area contributed by atoms with Crippen LogP contribution in [0.2, 0.25) is 0 Å². The Balaban J connectivity index is 1.75. The van der Waals surface area contributed by atoms with Crippen LogP contribution in [0.1, 0.15) is 18.9 Å². The van der Waals surface area contributed by atoms with Crippen molar-refractivity contribution >= 4 is 5.91 Å². The summed E-state index contributed by atoms with van der Waals surface area (Å²) < 4.78 is 26.5. The molecule has 108 valence electrons. The summed E-state index contributed by atoms with van der Waals surface area (Å²) in [6, 6.07) is 3.80. The summed E-state index contributed by atoms with van der Waals surface area (Å²) in [5.74, 6) is -0.828. The second-order valence-corrected chi connectivity index (χ2v) is 5.78. The maximum absolute atomic E-state index is 13.6. The molecule has 1 amide bonds. The quantitative estimate of drug-likeness (QED) is 0.894. The Kier molecular flexibility index (Phi) is 3.46. The van der Waals surface area contributed by atoms with E-state index in [1.165, 1.54) is 12.1 Å². The molecule has 0 bridgehead atoms. The molecule has 20 heavy (non-hydrogen) atoms. The summed E-state index contributed by atoms with van der Waals surface area (Å²) in [6.07, 6.45) is 0.995. The maximum Gasteiger partial charge on any atom is 0.227 e. The topological polar surface area (TPSA) is 32.3 Å². The molecule has 3 rings (SSSR count). The van der Waals surface area contributed by atoms with E-state index >= 15 is 0 Å². The van der Waals surface area contributed by atoms with E-state index in [4.69, 9.17) is 0 Å². The van der Waals surface area contributed by atoms with Crippen molar-refractivity contribution in [3.8, 4) is 0 Å². The van der Waals surface area contributed by atoms with Crippen LogP contribution in [-0.4, -0.2) is 36.0 Å². The van der Waals surface area contributed by atoms with Crippen LogP contribution in [0.5, 0.6) is 0 Å². The van der Waals surface area contributed by atoms with Crippen molar-refractivity contribution in [3.05, 3.63) is 35.4 Å². The van der Waals surface area contributed by atoms with E-state index in [9.17, 15) is 13.6 Å². The summed E-state index contributed by atoms with van der Waals surface area (Å²) in [5, 5.41) is 3.29. The fourth-order valence-electron chi connectivity index (χ4n) is 3.51. The molecule has 1 aromatic carbocycles. The molecule has 2 aliphatic heterocycles. The van der Waals surface area contributed by atoms with Crippen LogP contribution in [0, 0.1) is 17.6 Å². The predicted octanol–water partition coefficient (Wildman–Crippen LogP) is 1.72. The number of nitrogens with one attached hydrogen (secondary N) is 1. The largest absolute Gasteiger partial charge is 0.335 e. The van der Waals surface area contributed by atoms with E-state index in [0.29, 0.717) is 5.92 Å². The molecular formula is C15H18F2N2O. The van der Waals surface area contributed by atoms with Crippen molar-refractivity contribution in [2.45, 2.75) is 31.8 Å². The number of likely N-dealkylation sites (tertiary alicyclic amines) is 1. The summed E-state index contributed by atoms with van der Waals surface area (Å²) >= 11 is 0. The second-order valence-electron chi connectivity index (χ2n) is 5.78. The van der Waals surface area contributed by atoms with Crippen molar-refractivity contribution < 1.29 is 13.6 Å². The van der Waals surface area contributed by atoms with E-state index in [1.807, 2.05) is 11.8 Å². The Hall–Kier alpha value is -1.49. The third-order valence-corrected chi connectivity index (χ3v) is 4.42. The average molecular weight is 280 g/mol. The van der Waals surface area contributed by atoms with Gasteiger partial charge in [-0.05, 0) is 30.9 Å². The SMILES string of the molecule is CC1CC2CNCC2N1C(=O)Cc1ccc(F)cc1F. The Morgan fingerprint density at radius 2 is 2.20 bits per heavy atom. The molecule has 2 fully saturated rings. The molecule has 0 aliphatic carbocycles. The van der Waals surface area contributed by atoms with E-state index in [-0.39, 0.29) is 30.0 Å². The highest BCUT2D eigenvalue weighted by molar-refractivity contribution is 5.80. The minimum atomic E-state index is -0.647. The normalized spacial score (nSPS) is 28.8. The minimum Gasteiger partial charge on any atom is -0.335 e. The van der Waals surface area contributed by atoms with E-state index in [1.54, 1.807) is 0 Å². The Labute approximate surface area is 117 Å². The lowest BCUT2D eigenvalue weighted by Crippen LogP contribution is -2.43. The van der Waals surface area contributed by atoms with Crippen molar-refractivity contribution in [2.24, 2.45) is 5.92 Å². The van der Waals surface area contributed by atoms with E-state index in [0.717, 1.165) is 25.6 Å². The van der Waals surface area contributed by atoms with Gasteiger partial charge in [0.25, 0.3) is 0 Å². The van der Waals surface area contributed by atoms with Gasteiger partial charge < -0.3 is 10.2 Å². The van der Waals surface area contributed by atoms with Crippen molar-refractivity contribution in [1.29, 1.82) is 0 Å². The van der Waals surface area contributed by atoms with Crippen molar-refractivity contribution in [3.63, 3.8) is 0 Å². The number of hydrogen-bond donors (Lipinski definition) is 1. The Morgan fingerprint density at radius 1 is 1.40 bits per heavy atom. The van der Waals surface area contributed by atoms with Crippen LogP contribution < -0.4 is 5.32 Å². The third-order valence-electron chi connectivity index (χ3n) is 4.42. The highest BCUT2D eigenvalue weighted by atomic mass is 19.1. The monoisotopic (exact) mass is 280 g/mol. The van der Waals surface area contributed by atoms with Gasteiger partial charge in [0.15, 0.2) is 0 Å². The van der Waals surface area contributed by atoms with E-state index < -0.39 is 11.6 Å². The summed E-state index contributed by atoms with van der Waals surface area (Å²) in [5.41, 5.74) is 0.262. The van der Waals surface area contributed by atoms with Gasteiger partial charge in [-0.25, -0.2) is 8.78 Å². The molecule has 3 atom stereocenters. The first kappa shape index (κ1) is 13.5. The van der Waals surface area contributed by atoms with Gasteiger partial charge in [-0.3, -0.25) is 4.79 Å². The zero-order chi connectivity index (χ0) is 14.3. The number of halogens is 2. The van der Waals surface area contributed by atoms with Gasteiger partial charge in [0, 0.05) is 31.2 Å². The highest BCUT2D eigenvalue weighted by Gasteiger charge is 2.43. The van der Waals surface area contributed by atoms with Crippen LogP contribution in [-0.2, 0) is 11.2 Å². The third kappa shape index (κ3) is 2.30. The molecular weight excluding hydrogens is 262 g/mol. The Morgan fingerprint density at radius 3 is 2.95 bits per heavy atom. The van der Waals surface area contributed by atoms with Gasteiger partial charge in [0.1, 0.15) is 11.6 Å². The number of amides is 1. The first-order valence-electron chi connectivity index (χ1n) is 7.02. The average Bonchev–Trinajstić information content (AvgIpc) is 2.92. The van der Waals surface area contributed by atoms with Crippen molar-refractivity contribution in [1.82, 2.24) is 10.2 Å². The van der Waals surface area contributed by atoms with E-state index in [2.05, 4.69) is 5.32 Å². The highest BCUT2D eigenvalue weighted by Crippen LogP contribution is 2.32. The van der Waals surface area contributed by atoms with Crippen LogP contribution in [0.15, 0.2) is 18.2 Å². The van der Waals surface area contributed by atoms with Gasteiger partial charge >= 0.3 is 0 Å². The van der Waals surface area contributed by atoms with Gasteiger partial charge in [0.05, 0.1) is 6.42 Å². The lowest BCUT2D eigenvalue weighted by Gasteiger charge is -2.27. The molecule has 0 aromatic heterocycles. The number of nitrogens with zero attached hydrogens (tertiary/aromatic N) is 1. The number of hydrogen-bond acceptors (Lipinski definition) is 2. The minimum absolute atomic E-state index is 0.000324. The molecule has 1 N–H and O–H groups in total. The molecule has 1 aromatic rings. The Bertz CT molecular complexity index is 535. The summed E-state index contributed by atoms with van der Waals surface area (Å²) in [4.78, 5) is 14.3.